The van der Waals surface area contributed by atoms with Crippen LogP contribution in [0.3, 0.4) is 0 Å². The van der Waals surface area contributed by atoms with E-state index in [1.54, 1.807) is 0 Å². The minimum absolute atomic E-state index is 0.744. The van der Waals surface area contributed by atoms with Gasteiger partial charge in [-0.25, -0.2) is 0 Å². The summed E-state index contributed by atoms with van der Waals surface area (Å²) in [6.45, 7) is 5.98. The maximum Gasteiger partial charge on any atom is 0.00509 e. The predicted octanol–water partition coefficient (Wildman–Crippen LogP) is 3.43. The molecule has 1 aliphatic rings. The van der Waals surface area contributed by atoms with Crippen LogP contribution < -0.4 is 0 Å². The van der Waals surface area contributed by atoms with E-state index in [-0.39, 0.29) is 0 Å². The molecule has 0 radical (unpaired) electrons. The Kier molecular flexibility index (Phi) is 4.93. The van der Waals surface area contributed by atoms with Gasteiger partial charge >= 0.3 is 0 Å². The van der Waals surface area contributed by atoms with Crippen molar-refractivity contribution in [3.8, 4) is 0 Å². The average Bonchev–Trinajstić information content (AvgIpc) is 2.85. The van der Waals surface area contributed by atoms with Crippen LogP contribution in [-0.2, 0) is 0 Å². The lowest BCUT2D eigenvalue weighted by Gasteiger charge is -2.21. The zero-order valence-corrected chi connectivity index (χ0v) is 11.6. The molecule has 2 unspecified atom stereocenters. The number of benzene rings is 1. The van der Waals surface area contributed by atoms with E-state index in [0.29, 0.717) is 0 Å². The van der Waals surface area contributed by atoms with Crippen LogP contribution in [0.5, 0.6) is 0 Å². The Labute approximate surface area is 111 Å². The molecular formula is C15H23NS. The van der Waals surface area contributed by atoms with Crippen LogP contribution >= 0.6 is 12.6 Å². The monoisotopic (exact) mass is 249 g/mol. The van der Waals surface area contributed by atoms with Crippen LogP contribution in [0.15, 0.2) is 30.3 Å². The van der Waals surface area contributed by atoms with Crippen LogP contribution in [0.1, 0.15) is 31.2 Å². The second-order valence-corrected chi connectivity index (χ2v) is 5.48. The van der Waals surface area contributed by atoms with Crippen LogP contribution in [0, 0.1) is 5.92 Å². The molecule has 0 bridgehead atoms. The Hall–Kier alpha value is -0.470. The zero-order chi connectivity index (χ0) is 12.1. The molecule has 1 aromatic carbocycles. The second kappa shape index (κ2) is 6.46. The number of hydrogen-bond donors (Lipinski definition) is 1. The van der Waals surface area contributed by atoms with Gasteiger partial charge in [0.1, 0.15) is 0 Å². The molecule has 0 amide bonds. The Morgan fingerprint density at radius 3 is 2.76 bits per heavy atom. The average molecular weight is 249 g/mol. The Balaban J connectivity index is 1.87. The smallest absolute Gasteiger partial charge is 0.00509 e. The maximum absolute atomic E-state index is 4.43. The first-order valence-corrected chi connectivity index (χ1v) is 7.35. The van der Waals surface area contributed by atoms with Crippen LogP contribution in [0.4, 0.5) is 0 Å². The highest BCUT2D eigenvalue weighted by Gasteiger charge is 2.24. The van der Waals surface area contributed by atoms with E-state index in [0.717, 1.165) is 17.6 Å². The Morgan fingerprint density at radius 1 is 1.35 bits per heavy atom. The van der Waals surface area contributed by atoms with Crippen molar-refractivity contribution in [1.82, 2.24) is 4.90 Å². The molecule has 0 N–H and O–H groups in total. The highest BCUT2D eigenvalue weighted by molar-refractivity contribution is 7.80. The highest BCUT2D eigenvalue weighted by Crippen LogP contribution is 2.27. The van der Waals surface area contributed by atoms with Crippen LogP contribution in [0.2, 0.25) is 0 Å². The van der Waals surface area contributed by atoms with Crippen molar-refractivity contribution in [2.75, 3.05) is 25.4 Å². The summed E-state index contributed by atoms with van der Waals surface area (Å²) in [7, 11) is 0. The summed E-state index contributed by atoms with van der Waals surface area (Å²) in [5, 5.41) is 0. The van der Waals surface area contributed by atoms with Crippen molar-refractivity contribution in [2.24, 2.45) is 5.92 Å². The molecule has 0 saturated carbocycles. The third kappa shape index (κ3) is 3.49. The lowest BCUT2D eigenvalue weighted by Crippen LogP contribution is -2.27. The molecule has 0 spiro atoms. The summed E-state index contributed by atoms with van der Waals surface area (Å²) in [6.07, 6.45) is 2.56. The van der Waals surface area contributed by atoms with E-state index in [4.69, 9.17) is 0 Å². The summed E-state index contributed by atoms with van der Waals surface area (Å²) in [5.41, 5.74) is 1.51. The van der Waals surface area contributed by atoms with Crippen molar-refractivity contribution >= 4 is 12.6 Å². The van der Waals surface area contributed by atoms with E-state index in [1.165, 1.54) is 38.0 Å². The van der Waals surface area contributed by atoms with Gasteiger partial charge in [0.25, 0.3) is 0 Å². The van der Waals surface area contributed by atoms with Gasteiger partial charge in [0.2, 0.25) is 0 Å². The van der Waals surface area contributed by atoms with Crippen LogP contribution in [-0.4, -0.2) is 30.3 Å². The molecule has 1 saturated heterocycles. The summed E-state index contributed by atoms with van der Waals surface area (Å²) >= 11 is 4.43. The van der Waals surface area contributed by atoms with E-state index >= 15 is 0 Å². The fourth-order valence-electron chi connectivity index (χ4n) is 2.68. The number of thiol groups is 1. The standard InChI is InChI=1S/C15H23NS/c1-2-13(12-17)10-16-9-8-15(11-16)14-6-4-3-5-7-14/h3-7,13,15,17H,2,8-12H2,1H3. The van der Waals surface area contributed by atoms with Gasteiger partial charge in [-0.05, 0) is 36.1 Å². The van der Waals surface area contributed by atoms with Gasteiger partial charge in [-0.2, -0.15) is 12.6 Å². The molecule has 1 nitrogen and oxygen atoms in total. The third-order valence-electron chi connectivity index (χ3n) is 3.90. The maximum atomic E-state index is 4.43. The van der Waals surface area contributed by atoms with Crippen molar-refractivity contribution in [3.63, 3.8) is 0 Å². The minimum Gasteiger partial charge on any atom is -0.302 e. The quantitative estimate of drug-likeness (QED) is 0.783. The van der Waals surface area contributed by atoms with E-state index in [9.17, 15) is 0 Å². The van der Waals surface area contributed by atoms with Crippen LogP contribution in [0.25, 0.3) is 0 Å². The molecule has 1 heterocycles. The summed E-state index contributed by atoms with van der Waals surface area (Å²) < 4.78 is 0. The number of rotatable bonds is 5. The zero-order valence-electron chi connectivity index (χ0n) is 10.7. The van der Waals surface area contributed by atoms with Crippen molar-refractivity contribution in [3.05, 3.63) is 35.9 Å². The summed E-state index contributed by atoms with van der Waals surface area (Å²) in [6, 6.07) is 10.9. The molecule has 94 valence electrons. The number of likely N-dealkylation sites (tertiary alicyclic amines) is 1. The number of hydrogen-bond acceptors (Lipinski definition) is 2. The molecule has 17 heavy (non-hydrogen) atoms. The first-order chi connectivity index (χ1) is 8.33. The Morgan fingerprint density at radius 2 is 2.12 bits per heavy atom. The molecule has 1 aliphatic heterocycles. The highest BCUT2D eigenvalue weighted by atomic mass is 32.1. The van der Waals surface area contributed by atoms with Crippen molar-refractivity contribution in [2.45, 2.75) is 25.7 Å². The van der Waals surface area contributed by atoms with E-state index in [2.05, 4.69) is 54.8 Å². The van der Waals surface area contributed by atoms with Gasteiger partial charge in [0.05, 0.1) is 0 Å². The number of nitrogens with zero attached hydrogens (tertiary/aromatic N) is 1. The Bertz CT molecular complexity index is 321. The molecular weight excluding hydrogens is 226 g/mol. The lowest BCUT2D eigenvalue weighted by molar-refractivity contribution is 0.284. The van der Waals surface area contributed by atoms with Gasteiger partial charge in [0, 0.05) is 13.1 Å². The molecule has 1 fully saturated rings. The summed E-state index contributed by atoms with van der Waals surface area (Å²) in [5.74, 6) is 2.52. The van der Waals surface area contributed by atoms with Gasteiger partial charge < -0.3 is 4.90 Å². The fourth-order valence-corrected chi connectivity index (χ4v) is 3.05. The van der Waals surface area contributed by atoms with Crippen molar-refractivity contribution in [1.29, 1.82) is 0 Å². The molecule has 0 aliphatic carbocycles. The second-order valence-electron chi connectivity index (χ2n) is 5.11. The first kappa shape index (κ1) is 13.0. The topological polar surface area (TPSA) is 3.24 Å². The molecule has 2 rings (SSSR count). The molecule has 2 heteroatoms. The van der Waals surface area contributed by atoms with E-state index in [1.807, 2.05) is 0 Å². The van der Waals surface area contributed by atoms with Gasteiger partial charge in [-0.15, -0.1) is 0 Å². The molecule has 1 aromatic rings. The van der Waals surface area contributed by atoms with Crippen molar-refractivity contribution < 1.29 is 0 Å². The SMILES string of the molecule is CCC(CS)CN1CCC(c2ccccc2)C1. The molecule has 2 atom stereocenters. The summed E-state index contributed by atoms with van der Waals surface area (Å²) in [4.78, 5) is 2.61. The van der Waals surface area contributed by atoms with Gasteiger partial charge in [-0.1, -0.05) is 43.7 Å². The minimum atomic E-state index is 0.744. The van der Waals surface area contributed by atoms with Gasteiger partial charge in [-0.3, -0.25) is 0 Å². The van der Waals surface area contributed by atoms with Gasteiger partial charge in [0.15, 0.2) is 0 Å². The third-order valence-corrected chi connectivity index (χ3v) is 4.41. The molecule has 0 aromatic heterocycles. The van der Waals surface area contributed by atoms with E-state index < -0.39 is 0 Å². The predicted molar refractivity (Wildman–Crippen MR) is 77.9 cm³/mol. The first-order valence-electron chi connectivity index (χ1n) is 6.71. The fraction of sp³-hybridized carbons (Fsp3) is 0.600. The lowest BCUT2D eigenvalue weighted by atomic mass is 9.99. The largest absolute Gasteiger partial charge is 0.302 e. The normalized spacial score (nSPS) is 22.8.